The Bertz CT molecular complexity index is 720. The molecule has 2 N–H and O–H groups in total. The molecule has 0 unspecified atom stereocenters. The van der Waals surface area contributed by atoms with Gasteiger partial charge in [-0.15, -0.1) is 0 Å². The van der Waals surface area contributed by atoms with E-state index < -0.39 is 24.2 Å². The number of benzene rings is 1. The molecule has 2 heterocycles. The molecule has 3 rings (SSSR count). The molecule has 0 saturated carbocycles. The van der Waals surface area contributed by atoms with Crippen molar-refractivity contribution in [2.75, 3.05) is 37.7 Å². The quantitative estimate of drug-likeness (QED) is 0.813. The van der Waals surface area contributed by atoms with Crippen LogP contribution in [0.4, 0.5) is 14.9 Å². The lowest BCUT2D eigenvalue weighted by molar-refractivity contribution is -0.138. The third-order valence-corrected chi connectivity index (χ3v) is 4.55. The van der Waals surface area contributed by atoms with Gasteiger partial charge in [0.05, 0.1) is 5.56 Å². The lowest BCUT2D eigenvalue weighted by atomic mass is 10.0. The van der Waals surface area contributed by atoms with Gasteiger partial charge in [0.1, 0.15) is 12.4 Å². The molecule has 8 nitrogen and oxygen atoms in total. The van der Waals surface area contributed by atoms with Crippen molar-refractivity contribution < 1.29 is 28.6 Å². The highest BCUT2D eigenvalue weighted by Crippen LogP contribution is 2.24. The zero-order valence-electron chi connectivity index (χ0n) is 14.1. The van der Waals surface area contributed by atoms with Gasteiger partial charge in [-0.2, -0.15) is 0 Å². The number of nitrogens with zero attached hydrogens (tertiary/aromatic N) is 2. The predicted molar refractivity (Wildman–Crippen MR) is 89.7 cm³/mol. The zero-order chi connectivity index (χ0) is 18.7. The minimum Gasteiger partial charge on any atom is -0.480 e. The first-order valence-corrected chi connectivity index (χ1v) is 8.43. The van der Waals surface area contributed by atoms with Crippen LogP contribution in [0.15, 0.2) is 18.2 Å². The number of aliphatic carboxylic acids is 1. The molecule has 3 amide bonds. The van der Waals surface area contributed by atoms with Crippen molar-refractivity contribution in [1.82, 2.24) is 10.2 Å². The average molecular weight is 365 g/mol. The molecule has 2 aliphatic heterocycles. The van der Waals surface area contributed by atoms with Crippen LogP contribution in [0.5, 0.6) is 0 Å². The van der Waals surface area contributed by atoms with Crippen LogP contribution in [0.2, 0.25) is 0 Å². The predicted octanol–water partition coefficient (Wildman–Crippen LogP) is 1.06. The lowest BCUT2D eigenvalue weighted by Crippen LogP contribution is -2.46. The van der Waals surface area contributed by atoms with Gasteiger partial charge in [0.25, 0.3) is 5.91 Å². The van der Waals surface area contributed by atoms with Gasteiger partial charge in [0.15, 0.2) is 0 Å². The van der Waals surface area contributed by atoms with E-state index in [0.29, 0.717) is 44.8 Å². The van der Waals surface area contributed by atoms with Gasteiger partial charge in [0.2, 0.25) is 0 Å². The highest BCUT2D eigenvalue weighted by Gasteiger charge is 2.31. The zero-order valence-corrected chi connectivity index (χ0v) is 14.1. The summed E-state index contributed by atoms with van der Waals surface area (Å²) in [6.07, 6.45) is 0.990. The summed E-state index contributed by atoms with van der Waals surface area (Å²) in [4.78, 5) is 38.5. The number of ether oxygens (including phenoxy) is 1. The first-order chi connectivity index (χ1) is 12.5. The number of hydrogen-bond acceptors (Lipinski definition) is 4. The van der Waals surface area contributed by atoms with Crippen molar-refractivity contribution in [3.63, 3.8) is 0 Å². The molecule has 0 aromatic heterocycles. The van der Waals surface area contributed by atoms with Crippen molar-refractivity contribution in [2.24, 2.45) is 0 Å². The van der Waals surface area contributed by atoms with Gasteiger partial charge >= 0.3 is 12.0 Å². The third-order valence-electron chi connectivity index (χ3n) is 4.55. The van der Waals surface area contributed by atoms with Crippen LogP contribution < -0.4 is 10.2 Å². The van der Waals surface area contributed by atoms with Crippen LogP contribution in [-0.4, -0.2) is 66.8 Å². The molecule has 0 atom stereocenters. The molecule has 140 valence electrons. The summed E-state index contributed by atoms with van der Waals surface area (Å²) in [6.45, 7) is 1.20. The fourth-order valence-electron chi connectivity index (χ4n) is 3.23. The molecular weight excluding hydrogens is 345 g/mol. The topological polar surface area (TPSA) is 99.2 Å². The summed E-state index contributed by atoms with van der Waals surface area (Å²) >= 11 is 0. The first kappa shape index (κ1) is 18.1. The maximum Gasteiger partial charge on any atom is 0.323 e. The molecule has 26 heavy (non-hydrogen) atoms. The number of urea groups is 1. The van der Waals surface area contributed by atoms with Gasteiger partial charge in [0, 0.05) is 38.0 Å². The Labute approximate surface area is 149 Å². The van der Waals surface area contributed by atoms with Gasteiger partial charge in [-0.05, 0) is 31.0 Å². The van der Waals surface area contributed by atoms with E-state index in [2.05, 4.69) is 5.32 Å². The van der Waals surface area contributed by atoms with E-state index in [1.54, 1.807) is 0 Å². The number of hydrogen-bond donors (Lipinski definition) is 2. The molecule has 9 heteroatoms. The van der Waals surface area contributed by atoms with Crippen molar-refractivity contribution >= 4 is 23.6 Å². The van der Waals surface area contributed by atoms with Crippen molar-refractivity contribution in [1.29, 1.82) is 0 Å². The molecule has 0 spiro atoms. The van der Waals surface area contributed by atoms with Crippen molar-refractivity contribution in [3.8, 4) is 0 Å². The standard InChI is InChI=1S/C17H20FN3O5/c18-14-2-1-12(20-6-5-19-17(20)25)9-13(14)16(24)21(10-15(22)23)11-3-7-26-8-4-11/h1-2,9,11H,3-8,10H2,(H,19,25)(H,22,23). The molecule has 2 aliphatic rings. The van der Waals surface area contributed by atoms with Crippen LogP contribution >= 0.6 is 0 Å². The van der Waals surface area contributed by atoms with E-state index in [1.165, 1.54) is 21.9 Å². The number of carbonyl (C=O) groups is 3. The number of nitrogens with one attached hydrogen (secondary N) is 1. The van der Waals surface area contributed by atoms with Gasteiger partial charge < -0.3 is 20.1 Å². The van der Waals surface area contributed by atoms with E-state index in [1.807, 2.05) is 0 Å². The number of carboxylic acids is 1. The van der Waals surface area contributed by atoms with E-state index in [-0.39, 0.29) is 17.6 Å². The van der Waals surface area contributed by atoms with E-state index >= 15 is 0 Å². The van der Waals surface area contributed by atoms with Crippen LogP contribution in [0, 0.1) is 5.82 Å². The summed E-state index contributed by atoms with van der Waals surface area (Å²) in [5.74, 6) is -2.61. The normalized spacial score (nSPS) is 17.9. The fourth-order valence-corrected chi connectivity index (χ4v) is 3.23. The molecule has 2 fully saturated rings. The molecule has 0 bridgehead atoms. The number of carboxylic acid groups (broad SMARTS) is 1. The van der Waals surface area contributed by atoms with Gasteiger partial charge in [-0.1, -0.05) is 0 Å². The molecular formula is C17H20FN3O5. The number of anilines is 1. The Morgan fingerprint density at radius 2 is 2.08 bits per heavy atom. The number of carbonyl (C=O) groups excluding carboxylic acids is 2. The molecule has 1 aromatic rings. The summed E-state index contributed by atoms with van der Waals surface area (Å²) < 4.78 is 19.6. The summed E-state index contributed by atoms with van der Waals surface area (Å²) in [7, 11) is 0. The average Bonchev–Trinajstić information content (AvgIpc) is 3.06. The Morgan fingerprint density at radius 1 is 1.35 bits per heavy atom. The van der Waals surface area contributed by atoms with Crippen molar-refractivity contribution in [2.45, 2.75) is 18.9 Å². The monoisotopic (exact) mass is 365 g/mol. The highest BCUT2D eigenvalue weighted by atomic mass is 19.1. The van der Waals surface area contributed by atoms with E-state index in [4.69, 9.17) is 9.84 Å². The van der Waals surface area contributed by atoms with Crippen LogP contribution in [0.3, 0.4) is 0 Å². The van der Waals surface area contributed by atoms with Crippen LogP contribution in [0.25, 0.3) is 0 Å². The molecule has 1 aromatic carbocycles. The Morgan fingerprint density at radius 3 is 2.69 bits per heavy atom. The Kier molecular flexibility index (Phi) is 5.36. The fraction of sp³-hybridized carbons (Fsp3) is 0.471. The Hall–Kier alpha value is -2.68. The SMILES string of the molecule is O=C(O)CN(C(=O)c1cc(N2CCNC2=O)ccc1F)C1CCOCC1. The minimum absolute atomic E-state index is 0.241. The smallest absolute Gasteiger partial charge is 0.323 e. The second-order valence-corrected chi connectivity index (χ2v) is 6.22. The lowest BCUT2D eigenvalue weighted by Gasteiger charge is -2.33. The summed E-state index contributed by atoms with van der Waals surface area (Å²) in [6, 6.07) is 3.20. The molecule has 2 saturated heterocycles. The van der Waals surface area contributed by atoms with Gasteiger partial charge in [-0.25, -0.2) is 9.18 Å². The first-order valence-electron chi connectivity index (χ1n) is 8.43. The number of rotatable bonds is 5. The van der Waals surface area contributed by atoms with Crippen LogP contribution in [0.1, 0.15) is 23.2 Å². The molecule has 0 radical (unpaired) electrons. The Balaban J connectivity index is 1.90. The van der Waals surface area contributed by atoms with Crippen LogP contribution in [-0.2, 0) is 9.53 Å². The summed E-state index contributed by atoms with van der Waals surface area (Å²) in [5.41, 5.74) is 0.155. The second-order valence-electron chi connectivity index (χ2n) is 6.22. The van der Waals surface area contributed by atoms with E-state index in [9.17, 15) is 18.8 Å². The highest BCUT2D eigenvalue weighted by molar-refractivity contribution is 5.99. The molecule has 0 aliphatic carbocycles. The largest absolute Gasteiger partial charge is 0.480 e. The van der Waals surface area contributed by atoms with Crippen molar-refractivity contribution in [3.05, 3.63) is 29.6 Å². The number of amides is 3. The second kappa shape index (κ2) is 7.69. The summed E-state index contributed by atoms with van der Waals surface area (Å²) in [5, 5.41) is 11.8. The van der Waals surface area contributed by atoms with Gasteiger partial charge in [-0.3, -0.25) is 14.5 Å². The van der Waals surface area contributed by atoms with E-state index in [0.717, 1.165) is 6.07 Å². The maximum absolute atomic E-state index is 14.3. The number of halogens is 1. The third kappa shape index (κ3) is 3.77. The minimum atomic E-state index is -1.17. The maximum atomic E-state index is 14.3.